The molecule has 233 valence electrons. The molecule has 8 rings (SSSR count). The monoisotopic (exact) mass is 803 g/mol. The largest absolute Gasteiger partial charge is 0.318 e. The normalized spacial score (nSPS) is 10.3. The summed E-state index contributed by atoms with van der Waals surface area (Å²) in [5.41, 5.74) is 8.40. The Morgan fingerprint density at radius 2 is 1.32 bits per heavy atom. The Hall–Kier alpha value is -4.93. The summed E-state index contributed by atoms with van der Waals surface area (Å²) in [6.07, 6.45) is 1.82. The predicted octanol–water partition coefficient (Wildman–Crippen LogP) is 10.2. The topological polar surface area (TPSA) is 29.7 Å². The van der Waals surface area contributed by atoms with Crippen LogP contribution in [-0.2, 0) is 20.1 Å². The van der Waals surface area contributed by atoms with Crippen LogP contribution in [0.4, 0.5) is 0 Å². The van der Waals surface area contributed by atoms with Crippen LogP contribution in [0, 0.1) is 39.1 Å². The van der Waals surface area contributed by atoms with Gasteiger partial charge in [-0.05, 0) is 59.6 Å². The van der Waals surface area contributed by atoms with Gasteiger partial charge in [0.25, 0.3) is 0 Å². The van der Waals surface area contributed by atoms with Crippen molar-refractivity contribution in [1.82, 2.24) is 9.97 Å². The number of rotatable bonds is 3. The van der Waals surface area contributed by atoms with Crippen LogP contribution >= 0.6 is 11.3 Å². The molecule has 0 bridgehead atoms. The van der Waals surface area contributed by atoms with Crippen molar-refractivity contribution in [2.75, 3.05) is 0 Å². The number of benzene rings is 4. The van der Waals surface area contributed by atoms with Crippen LogP contribution in [-0.4, -0.2) is 9.97 Å². The van der Waals surface area contributed by atoms with Crippen molar-refractivity contribution in [2.24, 2.45) is 0 Å². The van der Waals surface area contributed by atoms with E-state index >= 15 is 0 Å². The van der Waals surface area contributed by atoms with Gasteiger partial charge in [-0.3, -0.25) is 0 Å². The second kappa shape index (κ2) is 16.1. The molecule has 47 heavy (non-hydrogen) atoms. The minimum Gasteiger partial charge on any atom is -0.318 e. The summed E-state index contributed by atoms with van der Waals surface area (Å²) in [4.78, 5) is 8.80. The molecule has 0 aliphatic rings. The fourth-order valence-corrected chi connectivity index (χ4v) is 6.14. The summed E-state index contributed by atoms with van der Waals surface area (Å²) in [6.45, 7) is 4.03. The molecule has 8 aromatic rings. The van der Waals surface area contributed by atoms with Crippen molar-refractivity contribution < 1.29 is 24.7 Å². The third-order valence-electron chi connectivity index (χ3n) is 7.42. The molecule has 0 atom stereocenters. The standard InChI is InChI=1S/C17H10NS.C13H12N.C12H10N.Ir/c1-2-7-16-13(5-1)14-9-8-12(11-17(14)19-16)15-6-3-4-10-18-15;1-11-7-6-10-13(14(11)2)12-8-4-3-5-9-12;1-10-6-5-9-12(13-10)11-7-3-2-4-8-11;/h1-7,9-11H;3-8,10H,2H2,1H3;2-7,9H,1H3;/q3*-1;. The molecule has 0 N–H and O–H groups in total. The van der Waals surface area contributed by atoms with E-state index in [-0.39, 0.29) is 20.1 Å². The van der Waals surface area contributed by atoms with Gasteiger partial charge in [0.05, 0.1) is 5.69 Å². The SMILES string of the molecule is Cc1cccc(-c2[c-]cccc2)n1.[CH2-][n+]1c(C)cccc1-c1[c-]cccc1.[Ir].[c-]1cc2c(cc1-c1ccccn1)sc1ccccc12. The average Bonchev–Trinajstić information content (AvgIpc) is 3.49. The van der Waals surface area contributed by atoms with Crippen LogP contribution in [0.1, 0.15) is 11.4 Å². The zero-order valence-corrected chi connectivity index (χ0v) is 29.4. The van der Waals surface area contributed by atoms with E-state index < -0.39 is 0 Å². The van der Waals surface area contributed by atoms with Crippen LogP contribution in [0.2, 0.25) is 0 Å². The van der Waals surface area contributed by atoms with Gasteiger partial charge >= 0.3 is 0 Å². The molecule has 5 heteroatoms. The summed E-state index contributed by atoms with van der Waals surface area (Å²) in [5, 5.41) is 2.59. The molecule has 0 amide bonds. The maximum Gasteiger partial charge on any atom is 0.115 e. The Kier molecular flexibility index (Phi) is 11.4. The van der Waals surface area contributed by atoms with Crippen molar-refractivity contribution in [2.45, 2.75) is 13.8 Å². The summed E-state index contributed by atoms with van der Waals surface area (Å²) < 4.78 is 4.54. The minimum atomic E-state index is 0. The number of thiophene rings is 1. The first-order chi connectivity index (χ1) is 22.6. The van der Waals surface area contributed by atoms with E-state index in [1.807, 2.05) is 139 Å². The smallest absolute Gasteiger partial charge is 0.115 e. The van der Waals surface area contributed by atoms with E-state index in [4.69, 9.17) is 0 Å². The maximum absolute atomic E-state index is 4.41. The Morgan fingerprint density at radius 3 is 2.04 bits per heavy atom. The summed E-state index contributed by atoms with van der Waals surface area (Å²) in [5.74, 6) is 0. The molecule has 0 spiro atoms. The van der Waals surface area contributed by atoms with E-state index in [2.05, 4.69) is 71.6 Å². The van der Waals surface area contributed by atoms with Crippen molar-refractivity contribution in [1.29, 1.82) is 0 Å². The Labute approximate surface area is 294 Å². The van der Waals surface area contributed by atoms with Crippen LogP contribution < -0.4 is 4.57 Å². The predicted molar refractivity (Wildman–Crippen MR) is 191 cm³/mol. The molecule has 0 saturated carbocycles. The summed E-state index contributed by atoms with van der Waals surface area (Å²) in [6, 6.07) is 56.3. The zero-order valence-electron chi connectivity index (χ0n) is 26.1. The number of fused-ring (bicyclic) bond motifs is 3. The van der Waals surface area contributed by atoms with Crippen molar-refractivity contribution in [3.8, 4) is 33.8 Å². The quantitative estimate of drug-likeness (QED) is 0.132. The van der Waals surface area contributed by atoms with Crippen molar-refractivity contribution in [3.63, 3.8) is 0 Å². The molecule has 4 aromatic heterocycles. The Balaban J connectivity index is 0.000000140. The summed E-state index contributed by atoms with van der Waals surface area (Å²) in [7, 11) is 3.99. The molecule has 0 aliphatic heterocycles. The van der Waals surface area contributed by atoms with Gasteiger partial charge in [-0.2, -0.15) is 11.3 Å². The van der Waals surface area contributed by atoms with E-state index in [1.54, 1.807) is 0 Å². The van der Waals surface area contributed by atoms with Crippen LogP contribution in [0.3, 0.4) is 0 Å². The van der Waals surface area contributed by atoms with Crippen molar-refractivity contribution >= 4 is 31.5 Å². The van der Waals surface area contributed by atoms with E-state index in [0.29, 0.717) is 0 Å². The molecular weight excluding hydrogens is 771 g/mol. The maximum atomic E-state index is 4.41. The number of aryl methyl sites for hydroxylation is 2. The minimum absolute atomic E-state index is 0. The number of hydrogen-bond acceptors (Lipinski definition) is 3. The molecule has 0 fully saturated rings. The van der Waals surface area contributed by atoms with E-state index in [0.717, 1.165) is 45.2 Å². The van der Waals surface area contributed by atoms with E-state index in [1.165, 1.54) is 20.2 Å². The molecular formula is C42H32IrN3S-3. The van der Waals surface area contributed by atoms with Gasteiger partial charge in [-0.1, -0.05) is 65.5 Å². The summed E-state index contributed by atoms with van der Waals surface area (Å²) >= 11 is 1.82. The molecule has 0 unspecified atom stereocenters. The molecule has 0 aliphatic carbocycles. The first kappa shape index (κ1) is 33.4. The molecule has 3 nitrogen and oxygen atoms in total. The van der Waals surface area contributed by atoms with Gasteiger partial charge < -0.3 is 14.5 Å². The number of pyridine rings is 3. The zero-order chi connectivity index (χ0) is 31.7. The fraction of sp³-hybridized carbons (Fsp3) is 0.0476. The van der Waals surface area contributed by atoms with E-state index in [9.17, 15) is 0 Å². The molecule has 0 saturated heterocycles. The number of hydrogen-bond donors (Lipinski definition) is 0. The Morgan fingerprint density at radius 1 is 0.617 bits per heavy atom. The van der Waals surface area contributed by atoms with Gasteiger partial charge in [0.2, 0.25) is 0 Å². The second-order valence-corrected chi connectivity index (χ2v) is 11.7. The second-order valence-electron chi connectivity index (χ2n) is 10.6. The van der Waals surface area contributed by atoms with Crippen molar-refractivity contribution in [3.05, 3.63) is 182 Å². The third kappa shape index (κ3) is 8.27. The molecule has 1 radical (unpaired) electrons. The van der Waals surface area contributed by atoms with Crippen LogP contribution in [0.15, 0.2) is 146 Å². The first-order valence-electron chi connectivity index (χ1n) is 15.0. The third-order valence-corrected chi connectivity index (χ3v) is 8.55. The molecule has 4 aromatic carbocycles. The number of nitrogens with zero attached hydrogens (tertiary/aromatic N) is 3. The number of aromatic nitrogens is 3. The Bertz CT molecular complexity index is 2180. The molecule has 4 heterocycles. The van der Waals surface area contributed by atoms with Crippen LogP contribution in [0.25, 0.3) is 53.9 Å². The average molecular weight is 803 g/mol. The van der Waals surface area contributed by atoms with Crippen LogP contribution in [0.5, 0.6) is 0 Å². The van der Waals surface area contributed by atoms with Gasteiger partial charge in [0.1, 0.15) is 5.69 Å². The van der Waals surface area contributed by atoms with Gasteiger partial charge in [-0.25, -0.2) is 0 Å². The van der Waals surface area contributed by atoms with Gasteiger partial charge in [0, 0.05) is 43.7 Å². The first-order valence-corrected chi connectivity index (χ1v) is 15.8. The van der Waals surface area contributed by atoms with Gasteiger partial charge in [-0.15, -0.1) is 90.0 Å². The van der Waals surface area contributed by atoms with Gasteiger partial charge in [0.15, 0.2) is 0 Å². The fourth-order valence-electron chi connectivity index (χ4n) is 5.02.